The van der Waals surface area contributed by atoms with Crippen molar-refractivity contribution in [2.45, 2.75) is 42.5 Å². The maximum absolute atomic E-state index is 12.7. The average molecular weight is 459 g/mol. The van der Waals surface area contributed by atoms with Crippen molar-refractivity contribution in [3.8, 4) is 0 Å². The van der Waals surface area contributed by atoms with E-state index in [4.69, 9.17) is 0 Å². The van der Waals surface area contributed by atoms with Gasteiger partial charge in [-0.2, -0.15) is 0 Å². The molecule has 2 aromatic carbocycles. The molecule has 0 fully saturated rings. The molecule has 1 N–H and O–H groups in total. The van der Waals surface area contributed by atoms with Gasteiger partial charge in [-0.3, -0.25) is 0 Å². The van der Waals surface area contributed by atoms with Gasteiger partial charge in [-0.25, -0.2) is 8.42 Å². The lowest BCUT2D eigenvalue weighted by Crippen LogP contribution is -2.37. The van der Waals surface area contributed by atoms with Crippen molar-refractivity contribution in [2.75, 3.05) is 12.8 Å². The van der Waals surface area contributed by atoms with Gasteiger partial charge in [0.25, 0.3) is 0 Å². The third-order valence-corrected chi connectivity index (χ3v) is 8.01. The summed E-state index contributed by atoms with van der Waals surface area (Å²) in [5.41, 5.74) is 5.21. The van der Waals surface area contributed by atoms with Gasteiger partial charge in [-0.15, -0.1) is 12.4 Å². The summed E-state index contributed by atoms with van der Waals surface area (Å²) in [6, 6.07) is 19.3. The van der Waals surface area contributed by atoms with Crippen molar-refractivity contribution >= 4 is 22.2 Å². The number of aromatic nitrogens is 1. The Morgan fingerprint density at radius 3 is 2.52 bits per heavy atom. The summed E-state index contributed by atoms with van der Waals surface area (Å²) in [7, 11) is 0.617. The van der Waals surface area contributed by atoms with Crippen LogP contribution in [0.15, 0.2) is 71.9 Å². The Morgan fingerprint density at radius 2 is 1.84 bits per heavy atom. The lowest BCUT2D eigenvalue weighted by molar-refractivity contribution is 0.409. The molecule has 1 aliphatic carbocycles. The highest BCUT2D eigenvalue weighted by molar-refractivity contribution is 7.91. The first kappa shape index (κ1) is 23.6. The molecule has 1 heterocycles. The van der Waals surface area contributed by atoms with Gasteiger partial charge in [0, 0.05) is 31.4 Å². The monoisotopic (exact) mass is 458 g/mol. The quantitative estimate of drug-likeness (QED) is 0.573. The van der Waals surface area contributed by atoms with Crippen LogP contribution >= 0.6 is 12.4 Å². The topological polar surface area (TPSA) is 51.1 Å². The fraction of sp³-hybridized carbons (Fsp3) is 0.360. The highest BCUT2D eigenvalue weighted by Gasteiger charge is 2.29. The molecule has 0 amide bonds. The van der Waals surface area contributed by atoms with Crippen LogP contribution in [0.2, 0.25) is 0 Å². The Hall–Kier alpha value is -2.08. The first-order valence-corrected chi connectivity index (χ1v) is 12.3. The van der Waals surface area contributed by atoms with Crippen molar-refractivity contribution in [1.29, 1.82) is 0 Å². The second kappa shape index (κ2) is 10.0. The number of benzene rings is 2. The second-order valence-electron chi connectivity index (χ2n) is 8.34. The molecular weight excluding hydrogens is 428 g/mol. The molecule has 2 atom stereocenters. The van der Waals surface area contributed by atoms with Crippen molar-refractivity contribution in [3.05, 3.63) is 89.2 Å². The first-order chi connectivity index (χ1) is 14.5. The molecule has 0 radical (unpaired) electrons. The van der Waals surface area contributed by atoms with Crippen LogP contribution in [-0.4, -0.2) is 31.8 Å². The Kier molecular flexibility index (Phi) is 7.63. The fourth-order valence-electron chi connectivity index (χ4n) is 4.60. The van der Waals surface area contributed by atoms with Gasteiger partial charge < -0.3 is 9.88 Å². The summed E-state index contributed by atoms with van der Waals surface area (Å²) in [6.07, 6.45) is 7.17. The molecule has 0 spiro atoms. The highest BCUT2D eigenvalue weighted by atomic mass is 35.5. The number of halogens is 1. The van der Waals surface area contributed by atoms with E-state index >= 15 is 0 Å². The first-order valence-electron chi connectivity index (χ1n) is 10.6. The highest BCUT2D eigenvalue weighted by Crippen LogP contribution is 2.35. The van der Waals surface area contributed by atoms with Crippen LogP contribution < -0.4 is 5.32 Å². The molecule has 0 saturated heterocycles. The van der Waals surface area contributed by atoms with E-state index in [2.05, 4.69) is 53.8 Å². The molecule has 4 rings (SSSR count). The van der Waals surface area contributed by atoms with Crippen LogP contribution in [0.3, 0.4) is 0 Å². The molecular formula is C25H31ClN2O2S. The van der Waals surface area contributed by atoms with Gasteiger partial charge >= 0.3 is 0 Å². The number of sulfone groups is 1. The average Bonchev–Trinajstić information content (AvgIpc) is 3.21. The Labute approximate surface area is 192 Å². The Morgan fingerprint density at radius 1 is 1.06 bits per heavy atom. The molecule has 2 unspecified atom stereocenters. The number of fused-ring (bicyclic) bond motifs is 1. The van der Waals surface area contributed by atoms with E-state index in [0.29, 0.717) is 23.3 Å². The van der Waals surface area contributed by atoms with Gasteiger partial charge in [0.1, 0.15) is 0 Å². The lowest BCUT2D eigenvalue weighted by atomic mass is 9.75. The Bertz CT molecular complexity index is 1110. The van der Waals surface area contributed by atoms with Crippen molar-refractivity contribution in [2.24, 2.45) is 7.05 Å². The van der Waals surface area contributed by atoms with E-state index < -0.39 is 9.84 Å². The standard InChI is InChI=1S/C25H30N2O2S.ClH/c1-26-25-11-10-21-9-8-20(13-15-30(28,29)22-12-14-27(2)18-22)16-23(21)24(25)17-19-6-4-3-5-7-19;/h3-9,12,14,16,18,24-26H,10-11,13,15,17H2,1-2H3;1H. The summed E-state index contributed by atoms with van der Waals surface area (Å²) in [5, 5.41) is 3.52. The molecule has 1 aliphatic rings. The van der Waals surface area contributed by atoms with Crippen LogP contribution in [0.4, 0.5) is 0 Å². The molecule has 166 valence electrons. The smallest absolute Gasteiger partial charge is 0.180 e. The van der Waals surface area contributed by atoms with E-state index in [-0.39, 0.29) is 18.2 Å². The summed E-state index contributed by atoms with van der Waals surface area (Å²) in [4.78, 5) is 0.403. The summed E-state index contributed by atoms with van der Waals surface area (Å²) < 4.78 is 27.2. The van der Waals surface area contributed by atoms with Crippen LogP contribution in [0.25, 0.3) is 0 Å². The molecule has 0 bridgehead atoms. The van der Waals surface area contributed by atoms with Gasteiger partial charge in [-0.1, -0.05) is 48.5 Å². The normalized spacial score (nSPS) is 18.3. The number of aryl methyl sites for hydroxylation is 3. The molecule has 6 heteroatoms. The molecule has 1 aromatic heterocycles. The van der Waals surface area contributed by atoms with E-state index in [9.17, 15) is 8.42 Å². The van der Waals surface area contributed by atoms with Crippen molar-refractivity contribution < 1.29 is 8.42 Å². The van der Waals surface area contributed by atoms with Gasteiger partial charge in [-0.05, 0) is 61.1 Å². The van der Waals surface area contributed by atoms with Crippen LogP contribution in [0.1, 0.15) is 34.6 Å². The zero-order chi connectivity index (χ0) is 21.1. The number of nitrogens with one attached hydrogen (secondary N) is 1. The maximum Gasteiger partial charge on any atom is 0.180 e. The van der Waals surface area contributed by atoms with Gasteiger partial charge in [0.15, 0.2) is 9.84 Å². The van der Waals surface area contributed by atoms with Gasteiger partial charge in [0.2, 0.25) is 0 Å². The Balaban J connectivity index is 0.00000272. The predicted molar refractivity (Wildman–Crippen MR) is 129 cm³/mol. The molecule has 0 aliphatic heterocycles. The molecule has 31 heavy (non-hydrogen) atoms. The predicted octanol–water partition coefficient (Wildman–Crippen LogP) is 4.32. The minimum Gasteiger partial charge on any atom is -0.356 e. The van der Waals surface area contributed by atoms with Crippen LogP contribution in [-0.2, 0) is 36.1 Å². The van der Waals surface area contributed by atoms with Crippen molar-refractivity contribution in [1.82, 2.24) is 9.88 Å². The second-order valence-corrected chi connectivity index (χ2v) is 10.5. The zero-order valence-corrected chi connectivity index (χ0v) is 19.8. The minimum atomic E-state index is -3.27. The number of hydrogen-bond acceptors (Lipinski definition) is 3. The van der Waals surface area contributed by atoms with Gasteiger partial charge in [0.05, 0.1) is 10.6 Å². The van der Waals surface area contributed by atoms with E-state index in [1.807, 2.05) is 14.1 Å². The third-order valence-electron chi connectivity index (χ3n) is 6.31. The van der Waals surface area contributed by atoms with E-state index in [0.717, 1.165) is 24.8 Å². The number of nitrogens with zero attached hydrogens (tertiary/aromatic N) is 1. The summed E-state index contributed by atoms with van der Waals surface area (Å²) >= 11 is 0. The molecule has 3 aromatic rings. The minimum absolute atomic E-state index is 0. The number of rotatable bonds is 7. The van der Waals surface area contributed by atoms with Crippen molar-refractivity contribution in [3.63, 3.8) is 0 Å². The largest absolute Gasteiger partial charge is 0.356 e. The summed E-state index contributed by atoms with van der Waals surface area (Å²) in [5.74, 6) is 0.529. The maximum atomic E-state index is 12.7. The number of likely N-dealkylation sites (N-methyl/N-ethyl adjacent to an activating group) is 1. The third kappa shape index (κ3) is 5.40. The lowest BCUT2D eigenvalue weighted by Gasteiger charge is -2.34. The van der Waals surface area contributed by atoms with Crippen LogP contribution in [0.5, 0.6) is 0 Å². The fourth-order valence-corrected chi connectivity index (χ4v) is 5.93. The molecule has 4 nitrogen and oxygen atoms in total. The molecule has 0 saturated carbocycles. The van der Waals surface area contributed by atoms with E-state index in [1.165, 1.54) is 16.7 Å². The SMILES string of the molecule is CNC1CCc2ccc(CCS(=O)(=O)c3ccn(C)c3)cc2C1Cc1ccccc1.Cl. The van der Waals surface area contributed by atoms with E-state index in [1.54, 1.807) is 23.0 Å². The van der Waals surface area contributed by atoms with Crippen LogP contribution in [0, 0.1) is 0 Å². The summed E-state index contributed by atoms with van der Waals surface area (Å²) in [6.45, 7) is 0. The number of hydrogen-bond donors (Lipinski definition) is 1. The zero-order valence-electron chi connectivity index (χ0n) is 18.1.